The molecule has 1 N–H and O–H groups in total. The van der Waals surface area contributed by atoms with E-state index in [1.165, 1.54) is 12.1 Å². The molecular weight excluding hydrogens is 485 g/mol. The third kappa shape index (κ3) is 4.69. The van der Waals surface area contributed by atoms with Crippen LogP contribution in [-0.4, -0.2) is 36.6 Å². The number of aldehydes is 1. The molecule has 2 aromatic heterocycles. The molecule has 4 aromatic rings. The Balaban J connectivity index is 1.70. The van der Waals surface area contributed by atoms with E-state index in [9.17, 15) is 23.1 Å². The summed E-state index contributed by atoms with van der Waals surface area (Å²) >= 11 is 0. The fourth-order valence-corrected chi connectivity index (χ4v) is 3.38. The van der Waals surface area contributed by atoms with E-state index in [2.05, 4.69) is 32.4 Å². The molecule has 0 spiro atoms. The van der Waals surface area contributed by atoms with E-state index in [0.717, 1.165) is 41.5 Å². The van der Waals surface area contributed by atoms with Crippen LogP contribution in [0.15, 0.2) is 61.1 Å². The van der Waals surface area contributed by atoms with Gasteiger partial charge in [-0.2, -0.15) is 8.78 Å². The van der Waals surface area contributed by atoms with E-state index in [1.54, 1.807) is 0 Å². The van der Waals surface area contributed by atoms with Gasteiger partial charge in [0, 0.05) is 29.0 Å². The third-order valence-corrected chi connectivity index (χ3v) is 5.23. The summed E-state index contributed by atoms with van der Waals surface area (Å²) in [7, 11) is 0. The summed E-state index contributed by atoms with van der Waals surface area (Å²) in [6, 6.07) is 7.46. The number of hydrogen-bond donors (Lipinski definition) is 1. The molecule has 4 rings (SSSR count). The van der Waals surface area contributed by atoms with Crippen LogP contribution in [0.25, 0.3) is 0 Å². The second-order valence-corrected chi connectivity index (χ2v) is 7.61. The molecule has 0 saturated carbocycles. The molecule has 0 radical (unpaired) electrons. The highest BCUT2D eigenvalue weighted by molar-refractivity contribution is 5.75. The number of hydrogen-bond acceptors (Lipinski definition) is 6. The van der Waals surface area contributed by atoms with Crippen molar-refractivity contribution in [1.82, 2.24) is 25.2 Å². The van der Waals surface area contributed by atoms with Gasteiger partial charge in [-0.25, -0.2) is 17.9 Å². The number of alkyl halides is 2. The van der Waals surface area contributed by atoms with Crippen molar-refractivity contribution in [1.29, 1.82) is 0 Å². The van der Waals surface area contributed by atoms with Crippen LogP contribution in [0, 0.1) is 29.3 Å². The first-order chi connectivity index (χ1) is 17.1. The van der Waals surface area contributed by atoms with Gasteiger partial charge in [-0.1, -0.05) is 17.9 Å². The zero-order valence-corrected chi connectivity index (χ0v) is 18.0. The molecule has 182 valence electrons. The maximum absolute atomic E-state index is 15.7. The predicted molar refractivity (Wildman–Crippen MR) is 114 cm³/mol. The molecule has 7 nitrogen and oxygen atoms in total. The highest BCUT2D eigenvalue weighted by Crippen LogP contribution is 2.46. The first-order valence-electron chi connectivity index (χ1n) is 10.1. The van der Waals surface area contributed by atoms with Gasteiger partial charge in [0.15, 0.2) is 5.60 Å². The Morgan fingerprint density at radius 3 is 2.42 bits per heavy atom. The Labute approximate surface area is 200 Å². The molecule has 0 saturated heterocycles. The van der Waals surface area contributed by atoms with Crippen molar-refractivity contribution in [3.63, 3.8) is 0 Å². The molecule has 36 heavy (non-hydrogen) atoms. The zero-order valence-electron chi connectivity index (χ0n) is 18.0. The highest BCUT2D eigenvalue weighted by atomic mass is 19.3. The van der Waals surface area contributed by atoms with Crippen LogP contribution >= 0.6 is 0 Å². The predicted octanol–water partition coefficient (Wildman–Crippen LogP) is 3.38. The highest BCUT2D eigenvalue weighted by Gasteiger charge is 2.57. The summed E-state index contributed by atoms with van der Waals surface area (Å²) < 4.78 is 74.1. The largest absolute Gasteiger partial charge is 0.377 e. The van der Waals surface area contributed by atoms with Crippen molar-refractivity contribution in [2.45, 2.75) is 18.1 Å². The van der Waals surface area contributed by atoms with Gasteiger partial charge in [-0.15, -0.1) is 5.10 Å². The summed E-state index contributed by atoms with van der Waals surface area (Å²) in [5.41, 5.74) is -4.90. The zero-order chi connectivity index (χ0) is 25.9. The van der Waals surface area contributed by atoms with E-state index in [-0.39, 0.29) is 16.7 Å². The molecule has 2 heterocycles. The second-order valence-electron chi connectivity index (χ2n) is 7.61. The van der Waals surface area contributed by atoms with Gasteiger partial charge in [-0.05, 0) is 46.8 Å². The molecular formula is C24H14F5N5O2. The van der Waals surface area contributed by atoms with Crippen LogP contribution < -0.4 is 0 Å². The summed E-state index contributed by atoms with van der Waals surface area (Å²) in [5.74, 6) is -2.32. The average Bonchev–Trinajstić information content (AvgIpc) is 3.36. The summed E-state index contributed by atoms with van der Waals surface area (Å²) in [6.07, 6.45) is 2.38. The lowest BCUT2D eigenvalue weighted by Gasteiger charge is -2.35. The van der Waals surface area contributed by atoms with Gasteiger partial charge in [-0.3, -0.25) is 9.78 Å². The van der Waals surface area contributed by atoms with E-state index in [4.69, 9.17) is 0 Å². The number of aliphatic hydroxyl groups is 1. The Bertz CT molecular complexity index is 1470. The second kappa shape index (κ2) is 9.63. The molecule has 0 aliphatic heterocycles. The van der Waals surface area contributed by atoms with Crippen molar-refractivity contribution in [3.8, 4) is 11.8 Å². The van der Waals surface area contributed by atoms with Gasteiger partial charge < -0.3 is 5.11 Å². The third-order valence-electron chi connectivity index (χ3n) is 5.23. The Morgan fingerprint density at radius 2 is 1.81 bits per heavy atom. The molecule has 2 aromatic carbocycles. The van der Waals surface area contributed by atoms with Crippen LogP contribution in [0.5, 0.6) is 0 Å². The maximum atomic E-state index is 15.7. The summed E-state index contributed by atoms with van der Waals surface area (Å²) in [4.78, 5) is 14.4. The van der Waals surface area contributed by atoms with Gasteiger partial charge >= 0.3 is 5.92 Å². The van der Waals surface area contributed by atoms with Crippen molar-refractivity contribution >= 4 is 6.29 Å². The number of benzene rings is 2. The first kappa shape index (κ1) is 24.6. The van der Waals surface area contributed by atoms with Gasteiger partial charge in [0.25, 0.3) is 0 Å². The molecule has 0 aliphatic rings. The fraction of sp³-hybridized carbons (Fsp3) is 0.125. The van der Waals surface area contributed by atoms with Gasteiger partial charge in [0.2, 0.25) is 0 Å². The molecule has 12 heteroatoms. The van der Waals surface area contributed by atoms with Crippen molar-refractivity contribution in [2.24, 2.45) is 0 Å². The smallest absolute Gasteiger partial charge is 0.323 e. The molecule has 1 unspecified atom stereocenters. The Kier molecular flexibility index (Phi) is 6.59. The number of aromatic nitrogens is 5. The number of rotatable bonds is 6. The topological polar surface area (TPSA) is 93.8 Å². The van der Waals surface area contributed by atoms with Crippen molar-refractivity contribution < 1.29 is 31.9 Å². The van der Waals surface area contributed by atoms with Gasteiger partial charge in [0.05, 0.1) is 12.1 Å². The molecule has 1 atom stereocenters. The number of pyridine rings is 1. The first-order valence-corrected chi connectivity index (χ1v) is 10.1. The minimum atomic E-state index is -4.22. The van der Waals surface area contributed by atoms with Gasteiger partial charge in [0.1, 0.15) is 35.8 Å². The lowest BCUT2D eigenvalue weighted by Crippen LogP contribution is -2.48. The molecule has 0 fully saturated rings. The molecule has 0 bridgehead atoms. The minimum absolute atomic E-state index is 0.0300. The quantitative estimate of drug-likeness (QED) is 0.249. The van der Waals surface area contributed by atoms with E-state index >= 15 is 8.78 Å². The van der Waals surface area contributed by atoms with Crippen LogP contribution in [0.3, 0.4) is 0 Å². The monoisotopic (exact) mass is 499 g/mol. The number of carbonyl (C=O) groups is 1. The number of carbonyl (C=O) groups excluding carboxylic acids is 1. The van der Waals surface area contributed by atoms with Crippen molar-refractivity contribution in [3.05, 3.63) is 106 Å². The fourth-order valence-electron chi connectivity index (χ4n) is 3.38. The number of tetrazole rings is 1. The van der Waals surface area contributed by atoms with Crippen LogP contribution in [-0.2, 0) is 18.1 Å². The molecule has 0 aliphatic carbocycles. The lowest BCUT2D eigenvalue weighted by molar-refractivity contribution is -0.207. The Morgan fingerprint density at radius 1 is 1.00 bits per heavy atom. The van der Waals surface area contributed by atoms with E-state index in [1.807, 2.05) is 0 Å². The summed E-state index contributed by atoms with van der Waals surface area (Å²) in [6.45, 7) is -0.991. The standard InChI is InChI=1S/C24H14F5N5O2/c25-18-6-7-19(21(27)10-18)23(36,13-34-14-31-32-33-34)24(28,29)22-8-3-15(11-30-22)1-4-17-5-2-16(12-35)9-20(17)26/h2-3,5-12,14,36H,13H2. The minimum Gasteiger partial charge on any atom is -0.377 e. The van der Waals surface area contributed by atoms with Crippen LogP contribution in [0.1, 0.15) is 32.7 Å². The van der Waals surface area contributed by atoms with E-state index < -0.39 is 46.8 Å². The van der Waals surface area contributed by atoms with Crippen LogP contribution in [0.4, 0.5) is 22.0 Å². The number of nitrogens with zero attached hydrogens (tertiary/aromatic N) is 5. The Hall–Kier alpha value is -4.50. The normalized spacial score (nSPS) is 12.9. The SMILES string of the molecule is O=Cc1ccc(C#Cc2ccc(C(F)(F)C(O)(Cn3cnnn3)c3ccc(F)cc3F)nc2)c(F)c1. The van der Waals surface area contributed by atoms with Crippen molar-refractivity contribution in [2.75, 3.05) is 0 Å². The summed E-state index contributed by atoms with van der Waals surface area (Å²) in [5, 5.41) is 21.2. The maximum Gasteiger partial charge on any atom is 0.323 e. The average molecular weight is 499 g/mol. The van der Waals surface area contributed by atoms with Crippen LogP contribution in [0.2, 0.25) is 0 Å². The lowest BCUT2D eigenvalue weighted by atomic mass is 9.84. The van der Waals surface area contributed by atoms with E-state index in [0.29, 0.717) is 18.4 Å². The number of halogens is 5. The molecule has 0 amide bonds.